The zero-order valence-corrected chi connectivity index (χ0v) is 9.23. The molecule has 1 aliphatic rings. The lowest BCUT2D eigenvalue weighted by molar-refractivity contribution is -0.115. The summed E-state index contributed by atoms with van der Waals surface area (Å²) in [7, 11) is 1.61. The lowest BCUT2D eigenvalue weighted by Gasteiger charge is -1.99. The van der Waals surface area contributed by atoms with Crippen molar-refractivity contribution < 1.29 is 14.3 Å². The molecule has 0 unspecified atom stereocenters. The number of methoxy groups -OCH3 is 1. The molecule has 86 valence electrons. The standard InChI is InChI=1S/C12H15NO3/c1-16-11-4-2-3-10(5-6-11)12(15)7-8-13-9-14/h2-3,5-6,9H,4,7-8H2,1H3,(H,13,14). The SMILES string of the molecule is COC1=CC=C(C(=O)CCNC=O)C=CC1. The summed E-state index contributed by atoms with van der Waals surface area (Å²) >= 11 is 0. The van der Waals surface area contributed by atoms with E-state index in [1.165, 1.54) is 0 Å². The number of carbonyl (C=O) groups excluding carboxylic acids is 2. The molecule has 0 aromatic heterocycles. The summed E-state index contributed by atoms with van der Waals surface area (Å²) in [5.41, 5.74) is 0.639. The van der Waals surface area contributed by atoms with Crippen molar-refractivity contribution >= 4 is 12.2 Å². The summed E-state index contributed by atoms with van der Waals surface area (Å²) in [5.74, 6) is 0.837. The first kappa shape index (κ1) is 12.2. The van der Waals surface area contributed by atoms with Crippen LogP contribution in [-0.2, 0) is 14.3 Å². The summed E-state index contributed by atoms with van der Waals surface area (Å²) in [5, 5.41) is 2.46. The molecule has 0 aromatic rings. The highest BCUT2D eigenvalue weighted by atomic mass is 16.5. The molecule has 0 saturated heterocycles. The van der Waals surface area contributed by atoms with Crippen molar-refractivity contribution in [2.45, 2.75) is 12.8 Å². The van der Waals surface area contributed by atoms with Crippen LogP contribution in [0.15, 0.2) is 35.6 Å². The van der Waals surface area contributed by atoms with E-state index in [1.54, 1.807) is 25.3 Å². The zero-order valence-electron chi connectivity index (χ0n) is 9.23. The van der Waals surface area contributed by atoms with Crippen LogP contribution >= 0.6 is 0 Å². The zero-order chi connectivity index (χ0) is 11.8. The number of amides is 1. The number of nitrogens with one attached hydrogen (secondary N) is 1. The maximum absolute atomic E-state index is 11.7. The number of allylic oxidation sites excluding steroid dienone is 5. The largest absolute Gasteiger partial charge is 0.501 e. The van der Waals surface area contributed by atoms with Crippen molar-refractivity contribution in [3.05, 3.63) is 35.6 Å². The van der Waals surface area contributed by atoms with Crippen LogP contribution in [0.2, 0.25) is 0 Å². The second-order valence-corrected chi connectivity index (χ2v) is 3.31. The summed E-state index contributed by atoms with van der Waals surface area (Å²) in [6, 6.07) is 0. The Balaban J connectivity index is 2.58. The molecule has 0 aliphatic heterocycles. The summed E-state index contributed by atoms with van der Waals surface area (Å²) in [4.78, 5) is 21.7. The average Bonchev–Trinajstić information content (AvgIpc) is 2.54. The van der Waals surface area contributed by atoms with Gasteiger partial charge in [-0.1, -0.05) is 12.2 Å². The Morgan fingerprint density at radius 2 is 2.38 bits per heavy atom. The molecule has 1 rings (SSSR count). The van der Waals surface area contributed by atoms with Crippen molar-refractivity contribution in [2.75, 3.05) is 13.7 Å². The van der Waals surface area contributed by atoms with Gasteiger partial charge in [-0.3, -0.25) is 9.59 Å². The molecule has 0 bridgehead atoms. The van der Waals surface area contributed by atoms with Gasteiger partial charge in [0.15, 0.2) is 5.78 Å². The van der Waals surface area contributed by atoms with Gasteiger partial charge in [-0.25, -0.2) is 0 Å². The van der Waals surface area contributed by atoms with Crippen molar-refractivity contribution in [2.24, 2.45) is 0 Å². The Bertz CT molecular complexity index is 353. The van der Waals surface area contributed by atoms with Gasteiger partial charge in [0, 0.05) is 25.0 Å². The van der Waals surface area contributed by atoms with Crippen molar-refractivity contribution in [1.82, 2.24) is 5.32 Å². The van der Waals surface area contributed by atoms with E-state index < -0.39 is 0 Å². The van der Waals surface area contributed by atoms with Gasteiger partial charge in [0.25, 0.3) is 0 Å². The summed E-state index contributed by atoms with van der Waals surface area (Å²) < 4.78 is 5.09. The number of ether oxygens (including phenoxy) is 1. The minimum atomic E-state index is 0.0132. The molecule has 0 fully saturated rings. The van der Waals surface area contributed by atoms with E-state index >= 15 is 0 Å². The second-order valence-electron chi connectivity index (χ2n) is 3.31. The van der Waals surface area contributed by atoms with Gasteiger partial charge in [0.1, 0.15) is 0 Å². The highest BCUT2D eigenvalue weighted by Gasteiger charge is 2.07. The van der Waals surface area contributed by atoms with Crippen LogP contribution in [-0.4, -0.2) is 25.8 Å². The number of Topliss-reactive ketones (excluding diaryl/α,β-unsaturated/α-hetero) is 1. The first-order valence-electron chi connectivity index (χ1n) is 5.09. The molecule has 16 heavy (non-hydrogen) atoms. The Kier molecular flexibility index (Phi) is 5.05. The predicted molar refractivity (Wildman–Crippen MR) is 60.6 cm³/mol. The minimum Gasteiger partial charge on any atom is -0.501 e. The molecule has 0 aromatic carbocycles. The van der Waals surface area contributed by atoms with E-state index in [2.05, 4.69) is 5.32 Å². The van der Waals surface area contributed by atoms with Gasteiger partial charge < -0.3 is 10.1 Å². The van der Waals surface area contributed by atoms with Crippen LogP contribution in [0.4, 0.5) is 0 Å². The van der Waals surface area contributed by atoms with E-state index in [4.69, 9.17) is 4.74 Å². The van der Waals surface area contributed by atoms with Gasteiger partial charge in [-0.05, 0) is 12.2 Å². The highest BCUT2D eigenvalue weighted by molar-refractivity contribution is 5.98. The normalized spacial score (nSPS) is 14.6. The highest BCUT2D eigenvalue weighted by Crippen LogP contribution is 2.13. The van der Waals surface area contributed by atoms with E-state index in [-0.39, 0.29) is 5.78 Å². The lowest BCUT2D eigenvalue weighted by Crippen LogP contribution is -2.16. The molecule has 0 atom stereocenters. The Morgan fingerprint density at radius 3 is 3.06 bits per heavy atom. The van der Waals surface area contributed by atoms with Crippen LogP contribution < -0.4 is 5.32 Å². The molecule has 0 saturated carbocycles. The fraction of sp³-hybridized carbons (Fsp3) is 0.333. The number of rotatable bonds is 6. The van der Waals surface area contributed by atoms with Crippen LogP contribution in [0.3, 0.4) is 0 Å². The molecule has 1 N–H and O–H groups in total. The monoisotopic (exact) mass is 221 g/mol. The van der Waals surface area contributed by atoms with Gasteiger partial charge >= 0.3 is 0 Å². The lowest BCUT2D eigenvalue weighted by atomic mass is 10.1. The molecular weight excluding hydrogens is 206 g/mol. The Morgan fingerprint density at radius 1 is 1.56 bits per heavy atom. The molecule has 1 amide bonds. The number of hydrogen-bond acceptors (Lipinski definition) is 3. The molecule has 4 heteroatoms. The first-order valence-corrected chi connectivity index (χ1v) is 5.09. The third-order valence-corrected chi connectivity index (χ3v) is 2.23. The fourth-order valence-electron chi connectivity index (χ4n) is 1.33. The van der Waals surface area contributed by atoms with Gasteiger partial charge in [0.2, 0.25) is 6.41 Å². The van der Waals surface area contributed by atoms with E-state index in [0.717, 1.165) is 5.76 Å². The van der Waals surface area contributed by atoms with E-state index in [1.807, 2.05) is 6.08 Å². The van der Waals surface area contributed by atoms with Crippen molar-refractivity contribution in [3.8, 4) is 0 Å². The Hall–Kier alpha value is -1.84. The van der Waals surface area contributed by atoms with Crippen molar-refractivity contribution in [1.29, 1.82) is 0 Å². The summed E-state index contributed by atoms with van der Waals surface area (Å²) in [6.07, 6.45) is 8.80. The van der Waals surface area contributed by atoms with Crippen LogP contribution in [0, 0.1) is 0 Å². The minimum absolute atomic E-state index is 0.0132. The van der Waals surface area contributed by atoms with E-state index in [0.29, 0.717) is 31.4 Å². The molecule has 0 spiro atoms. The van der Waals surface area contributed by atoms with Crippen LogP contribution in [0.1, 0.15) is 12.8 Å². The van der Waals surface area contributed by atoms with Gasteiger partial charge in [0.05, 0.1) is 12.9 Å². The average molecular weight is 221 g/mol. The first-order chi connectivity index (χ1) is 7.77. The van der Waals surface area contributed by atoms with Crippen molar-refractivity contribution in [3.63, 3.8) is 0 Å². The quantitative estimate of drug-likeness (QED) is 0.540. The summed E-state index contributed by atoms with van der Waals surface area (Å²) in [6.45, 7) is 0.369. The van der Waals surface area contributed by atoms with Crippen LogP contribution in [0.5, 0.6) is 0 Å². The molecule has 0 heterocycles. The second kappa shape index (κ2) is 6.61. The third-order valence-electron chi connectivity index (χ3n) is 2.23. The molecule has 4 nitrogen and oxygen atoms in total. The van der Waals surface area contributed by atoms with Gasteiger partial charge in [-0.2, -0.15) is 0 Å². The molecule has 0 radical (unpaired) electrons. The number of carbonyl (C=O) groups is 2. The molecular formula is C12H15NO3. The van der Waals surface area contributed by atoms with Crippen LogP contribution in [0.25, 0.3) is 0 Å². The van der Waals surface area contributed by atoms with E-state index in [9.17, 15) is 9.59 Å². The smallest absolute Gasteiger partial charge is 0.207 e. The fourth-order valence-corrected chi connectivity index (χ4v) is 1.33. The number of hydrogen-bond donors (Lipinski definition) is 1. The molecule has 1 aliphatic carbocycles. The van der Waals surface area contributed by atoms with Gasteiger partial charge in [-0.15, -0.1) is 0 Å². The Labute approximate surface area is 94.7 Å². The third kappa shape index (κ3) is 3.73. The topological polar surface area (TPSA) is 55.4 Å². The maximum atomic E-state index is 11.7. The maximum Gasteiger partial charge on any atom is 0.207 e. The number of ketones is 1. The predicted octanol–water partition coefficient (Wildman–Crippen LogP) is 1.11.